The Morgan fingerprint density at radius 1 is 1.60 bits per heavy atom. The lowest BCUT2D eigenvalue weighted by molar-refractivity contribution is 0.0690. The van der Waals surface area contributed by atoms with Crippen molar-refractivity contribution in [3.8, 4) is 5.75 Å². The Balaban J connectivity index is 1.88. The molecule has 1 fully saturated rings. The Morgan fingerprint density at radius 3 is 3.07 bits per heavy atom. The van der Waals surface area contributed by atoms with Gasteiger partial charge in [-0.25, -0.2) is 9.78 Å². The maximum Gasteiger partial charge on any atom is 0.354 e. The van der Waals surface area contributed by atoms with E-state index in [0.717, 1.165) is 12.3 Å². The molecule has 1 aromatic heterocycles. The van der Waals surface area contributed by atoms with Crippen LogP contribution in [0.3, 0.4) is 0 Å². The Kier molecular flexibility index (Phi) is 2.85. The first-order valence-electron chi connectivity index (χ1n) is 5.08. The lowest BCUT2D eigenvalue weighted by Gasteiger charge is -2.05. The van der Waals surface area contributed by atoms with E-state index in [0.29, 0.717) is 12.4 Å². The minimum atomic E-state index is -1.03. The normalized spacial score (nSPS) is 14.9. The molecule has 0 bridgehead atoms. The van der Waals surface area contributed by atoms with E-state index < -0.39 is 5.97 Å². The van der Waals surface area contributed by atoms with Crippen LogP contribution in [0.2, 0.25) is 0 Å². The van der Waals surface area contributed by atoms with E-state index in [9.17, 15) is 4.79 Å². The summed E-state index contributed by atoms with van der Waals surface area (Å²) in [5, 5.41) is 8.71. The molecule has 4 heteroatoms. The van der Waals surface area contributed by atoms with Crippen molar-refractivity contribution in [3.63, 3.8) is 0 Å². The highest BCUT2D eigenvalue weighted by Crippen LogP contribution is 2.32. The van der Waals surface area contributed by atoms with E-state index in [-0.39, 0.29) is 5.69 Å². The largest absolute Gasteiger partial charge is 0.493 e. The zero-order valence-corrected chi connectivity index (χ0v) is 8.35. The minimum Gasteiger partial charge on any atom is -0.493 e. The molecule has 15 heavy (non-hydrogen) atoms. The average Bonchev–Trinajstić information content (AvgIpc) is 3.02. The van der Waals surface area contributed by atoms with Gasteiger partial charge < -0.3 is 9.84 Å². The van der Waals surface area contributed by atoms with Crippen LogP contribution in [0.1, 0.15) is 29.8 Å². The van der Waals surface area contributed by atoms with E-state index in [1.54, 1.807) is 6.07 Å². The topological polar surface area (TPSA) is 59.4 Å². The molecule has 0 saturated heterocycles. The highest BCUT2D eigenvalue weighted by molar-refractivity contribution is 5.85. The predicted molar refractivity (Wildman–Crippen MR) is 54.0 cm³/mol. The number of nitrogens with zero attached hydrogens (tertiary/aromatic N) is 1. The summed E-state index contributed by atoms with van der Waals surface area (Å²) in [7, 11) is 0. The number of rotatable bonds is 5. The van der Waals surface area contributed by atoms with Gasteiger partial charge in [-0.15, -0.1) is 0 Å². The summed E-state index contributed by atoms with van der Waals surface area (Å²) in [5.74, 6) is 0.386. The first-order valence-corrected chi connectivity index (χ1v) is 5.08. The smallest absolute Gasteiger partial charge is 0.354 e. The molecule has 0 aromatic carbocycles. The molecule has 0 radical (unpaired) electrons. The summed E-state index contributed by atoms with van der Waals surface area (Å²) in [6, 6.07) is 3.13. The van der Waals surface area contributed by atoms with Gasteiger partial charge in [0.2, 0.25) is 0 Å². The zero-order valence-electron chi connectivity index (χ0n) is 8.35. The number of carbonyl (C=O) groups is 1. The monoisotopic (exact) mass is 207 g/mol. The molecule has 4 nitrogen and oxygen atoms in total. The highest BCUT2D eigenvalue weighted by atomic mass is 16.5. The summed E-state index contributed by atoms with van der Waals surface area (Å²) in [6.45, 7) is 0.660. The highest BCUT2D eigenvalue weighted by Gasteiger charge is 2.20. The fraction of sp³-hybridized carbons (Fsp3) is 0.455. The Labute approximate surface area is 87.9 Å². The third-order valence-electron chi connectivity index (χ3n) is 2.44. The molecular formula is C11H13NO3. The van der Waals surface area contributed by atoms with Gasteiger partial charge in [0.1, 0.15) is 5.75 Å². The number of hydrogen-bond donors (Lipinski definition) is 1. The molecule has 0 unspecified atom stereocenters. The fourth-order valence-corrected chi connectivity index (χ4v) is 1.37. The van der Waals surface area contributed by atoms with Crippen LogP contribution in [0, 0.1) is 5.92 Å². The third kappa shape index (κ3) is 2.94. The van der Waals surface area contributed by atoms with Gasteiger partial charge >= 0.3 is 5.97 Å². The van der Waals surface area contributed by atoms with Crippen LogP contribution in [0.4, 0.5) is 0 Å². The minimum absolute atomic E-state index is 0.0268. The molecule has 1 N–H and O–H groups in total. The first-order chi connectivity index (χ1) is 7.25. The molecule has 0 amide bonds. The van der Waals surface area contributed by atoms with Gasteiger partial charge in [0, 0.05) is 12.3 Å². The van der Waals surface area contributed by atoms with Crippen LogP contribution >= 0.6 is 0 Å². The zero-order chi connectivity index (χ0) is 10.7. The summed E-state index contributed by atoms with van der Waals surface area (Å²) in [6.07, 6.45) is 5.13. The fourth-order valence-electron chi connectivity index (χ4n) is 1.37. The van der Waals surface area contributed by atoms with Gasteiger partial charge in [-0.1, -0.05) is 12.8 Å². The Hall–Kier alpha value is -1.58. The number of carboxylic acids is 1. The van der Waals surface area contributed by atoms with E-state index >= 15 is 0 Å². The lowest BCUT2D eigenvalue weighted by atomic mass is 10.3. The van der Waals surface area contributed by atoms with Crippen molar-refractivity contribution in [2.24, 2.45) is 5.92 Å². The van der Waals surface area contributed by atoms with Crippen molar-refractivity contribution >= 4 is 5.97 Å². The molecule has 0 atom stereocenters. The van der Waals surface area contributed by atoms with Crippen LogP contribution in [0.5, 0.6) is 5.75 Å². The standard InChI is InChI=1S/C11H13NO3/c13-11(14)10-7-9(3-5-12-10)15-6-4-8-1-2-8/h3,5,7-8H,1-2,4,6H2,(H,13,14). The molecule has 1 aliphatic carbocycles. The summed E-state index contributed by atoms with van der Waals surface area (Å²) >= 11 is 0. The van der Waals surface area contributed by atoms with Crippen LogP contribution in [0.25, 0.3) is 0 Å². The van der Waals surface area contributed by atoms with Gasteiger partial charge in [-0.2, -0.15) is 0 Å². The maximum atomic E-state index is 10.6. The first kappa shape index (κ1) is 9.96. The average molecular weight is 207 g/mol. The molecule has 1 aromatic rings. The van der Waals surface area contributed by atoms with Gasteiger partial charge in [-0.05, 0) is 18.4 Å². The van der Waals surface area contributed by atoms with Crippen molar-refractivity contribution < 1.29 is 14.6 Å². The number of carboxylic acid groups (broad SMARTS) is 1. The second-order valence-corrected chi connectivity index (χ2v) is 3.76. The third-order valence-corrected chi connectivity index (χ3v) is 2.44. The molecule has 1 saturated carbocycles. The molecule has 80 valence electrons. The van der Waals surface area contributed by atoms with Gasteiger partial charge in [-0.3, -0.25) is 0 Å². The molecule has 1 heterocycles. The SMILES string of the molecule is O=C(O)c1cc(OCCC2CC2)ccn1. The van der Waals surface area contributed by atoms with Crippen LogP contribution in [-0.4, -0.2) is 22.7 Å². The van der Waals surface area contributed by atoms with Crippen molar-refractivity contribution in [3.05, 3.63) is 24.0 Å². The van der Waals surface area contributed by atoms with E-state index in [1.807, 2.05) is 0 Å². The van der Waals surface area contributed by atoms with Gasteiger partial charge in [0.25, 0.3) is 0 Å². The Morgan fingerprint density at radius 2 is 2.40 bits per heavy atom. The molecule has 2 rings (SSSR count). The van der Waals surface area contributed by atoms with Crippen LogP contribution < -0.4 is 4.74 Å². The summed E-state index contributed by atoms with van der Waals surface area (Å²) < 4.78 is 5.44. The van der Waals surface area contributed by atoms with Crippen molar-refractivity contribution in [2.75, 3.05) is 6.61 Å². The molecule has 0 spiro atoms. The number of pyridine rings is 1. The number of ether oxygens (including phenoxy) is 1. The maximum absolute atomic E-state index is 10.6. The molecular weight excluding hydrogens is 194 g/mol. The van der Waals surface area contributed by atoms with Gasteiger partial charge in [0.05, 0.1) is 6.61 Å². The second kappa shape index (κ2) is 4.29. The number of aromatic nitrogens is 1. The number of aromatic carboxylic acids is 1. The molecule has 1 aliphatic rings. The van der Waals surface area contributed by atoms with Crippen LogP contribution in [0.15, 0.2) is 18.3 Å². The van der Waals surface area contributed by atoms with Crippen LogP contribution in [-0.2, 0) is 0 Å². The summed E-state index contributed by atoms with van der Waals surface area (Å²) in [4.78, 5) is 14.3. The van der Waals surface area contributed by atoms with E-state index in [4.69, 9.17) is 9.84 Å². The summed E-state index contributed by atoms with van der Waals surface area (Å²) in [5.41, 5.74) is 0.0268. The lowest BCUT2D eigenvalue weighted by Crippen LogP contribution is -2.02. The molecule has 0 aliphatic heterocycles. The quantitative estimate of drug-likeness (QED) is 0.801. The van der Waals surface area contributed by atoms with Crippen molar-refractivity contribution in [2.45, 2.75) is 19.3 Å². The van der Waals surface area contributed by atoms with Gasteiger partial charge in [0.15, 0.2) is 5.69 Å². The van der Waals surface area contributed by atoms with E-state index in [2.05, 4.69) is 4.98 Å². The second-order valence-electron chi connectivity index (χ2n) is 3.76. The van der Waals surface area contributed by atoms with Crippen molar-refractivity contribution in [1.29, 1.82) is 0 Å². The van der Waals surface area contributed by atoms with Crippen molar-refractivity contribution in [1.82, 2.24) is 4.98 Å². The number of hydrogen-bond acceptors (Lipinski definition) is 3. The predicted octanol–water partition coefficient (Wildman–Crippen LogP) is 1.96. The van der Waals surface area contributed by atoms with E-state index in [1.165, 1.54) is 25.1 Å². The Bertz CT molecular complexity index is 361.